The number of carbonyl (C=O) groups is 1. The molecule has 2 aliphatic rings. The second kappa shape index (κ2) is 2.11. The quantitative estimate of drug-likeness (QED) is 0.642. The maximum Gasteiger partial charge on any atom is 0.142 e. The van der Waals surface area contributed by atoms with Crippen LogP contribution < -0.4 is 0 Å². The van der Waals surface area contributed by atoms with Crippen LogP contribution in [0.1, 0.15) is 33.1 Å². The number of hydrogen-bond acceptors (Lipinski definition) is 2. The standard InChI is InChI=1S/C10H16O2/c1-9(2)7-3-4-10(9,6-11)8(12)5-7/h7,11H,3-6H2,1-2H3/t7-,10-/m1/s1. The lowest BCUT2D eigenvalue weighted by Gasteiger charge is -2.34. The van der Waals surface area contributed by atoms with Gasteiger partial charge >= 0.3 is 0 Å². The predicted octanol–water partition coefficient (Wildman–Crippen LogP) is 1.37. The third-order valence-electron chi connectivity index (χ3n) is 4.41. The SMILES string of the molecule is CC1(C)[C@@H]2CC[C@@]1(CO)C(=O)C2. The summed E-state index contributed by atoms with van der Waals surface area (Å²) in [7, 11) is 0. The van der Waals surface area contributed by atoms with E-state index in [1.54, 1.807) is 0 Å². The molecule has 2 atom stereocenters. The lowest BCUT2D eigenvalue weighted by Crippen LogP contribution is -2.39. The molecule has 0 aromatic carbocycles. The Bertz CT molecular complexity index is 232. The monoisotopic (exact) mass is 168 g/mol. The van der Waals surface area contributed by atoms with Crippen LogP contribution in [0, 0.1) is 16.7 Å². The minimum absolute atomic E-state index is 0.0405. The number of Topliss-reactive ketones (excluding diaryl/α,β-unsaturated/α-hetero) is 1. The number of carbonyl (C=O) groups excluding carboxylic acids is 1. The van der Waals surface area contributed by atoms with Crippen molar-refractivity contribution >= 4 is 5.78 Å². The molecule has 2 aliphatic carbocycles. The van der Waals surface area contributed by atoms with Gasteiger partial charge in [-0.05, 0) is 24.2 Å². The summed E-state index contributed by atoms with van der Waals surface area (Å²) in [6, 6.07) is 0. The number of ketones is 1. The van der Waals surface area contributed by atoms with Crippen LogP contribution in [0.4, 0.5) is 0 Å². The largest absolute Gasteiger partial charge is 0.395 e. The number of aliphatic hydroxyl groups excluding tert-OH is 1. The van der Waals surface area contributed by atoms with Crippen LogP contribution in [0.15, 0.2) is 0 Å². The highest BCUT2D eigenvalue weighted by atomic mass is 16.3. The second-order valence-corrected chi connectivity index (χ2v) is 4.82. The Morgan fingerprint density at radius 2 is 2.25 bits per heavy atom. The van der Waals surface area contributed by atoms with E-state index >= 15 is 0 Å². The zero-order valence-corrected chi connectivity index (χ0v) is 7.76. The summed E-state index contributed by atoms with van der Waals surface area (Å²) in [5.74, 6) is 0.823. The minimum atomic E-state index is -0.377. The summed E-state index contributed by atoms with van der Waals surface area (Å²) in [5, 5.41) is 9.33. The molecule has 0 aromatic rings. The van der Waals surface area contributed by atoms with Crippen LogP contribution >= 0.6 is 0 Å². The van der Waals surface area contributed by atoms with Crippen molar-refractivity contribution in [2.24, 2.45) is 16.7 Å². The highest BCUT2D eigenvalue weighted by Crippen LogP contribution is 2.63. The average Bonchev–Trinajstić information content (AvgIpc) is 2.36. The van der Waals surface area contributed by atoms with E-state index in [1.807, 2.05) is 0 Å². The van der Waals surface area contributed by atoms with Gasteiger partial charge in [-0.25, -0.2) is 0 Å². The van der Waals surface area contributed by atoms with Crippen LogP contribution in [-0.4, -0.2) is 17.5 Å². The van der Waals surface area contributed by atoms with E-state index < -0.39 is 0 Å². The fourth-order valence-corrected chi connectivity index (χ4v) is 3.14. The first kappa shape index (κ1) is 8.24. The minimum Gasteiger partial charge on any atom is -0.395 e. The Balaban J connectivity index is 2.46. The third kappa shape index (κ3) is 0.634. The first-order valence-electron chi connectivity index (χ1n) is 4.69. The van der Waals surface area contributed by atoms with E-state index in [9.17, 15) is 9.90 Å². The summed E-state index contributed by atoms with van der Waals surface area (Å²) in [6.45, 7) is 4.31. The van der Waals surface area contributed by atoms with Crippen molar-refractivity contribution in [2.75, 3.05) is 6.61 Å². The van der Waals surface area contributed by atoms with Gasteiger partial charge in [-0.2, -0.15) is 0 Å². The lowest BCUT2D eigenvalue weighted by atomic mass is 9.69. The fraction of sp³-hybridized carbons (Fsp3) is 0.900. The smallest absolute Gasteiger partial charge is 0.142 e. The first-order valence-corrected chi connectivity index (χ1v) is 4.69. The Morgan fingerprint density at radius 1 is 1.58 bits per heavy atom. The van der Waals surface area contributed by atoms with Crippen LogP contribution in [0.5, 0.6) is 0 Å². The number of rotatable bonds is 1. The van der Waals surface area contributed by atoms with Gasteiger partial charge in [0.15, 0.2) is 0 Å². The number of hydrogen-bond donors (Lipinski definition) is 1. The molecule has 0 aromatic heterocycles. The molecular weight excluding hydrogens is 152 g/mol. The molecule has 2 heteroatoms. The van der Waals surface area contributed by atoms with Crippen molar-refractivity contribution in [3.63, 3.8) is 0 Å². The molecule has 2 saturated carbocycles. The van der Waals surface area contributed by atoms with E-state index in [2.05, 4.69) is 13.8 Å². The highest BCUT2D eigenvalue weighted by molar-refractivity contribution is 5.89. The molecule has 0 saturated heterocycles. The van der Waals surface area contributed by atoms with E-state index in [1.165, 1.54) is 0 Å². The van der Waals surface area contributed by atoms with E-state index in [0.717, 1.165) is 12.8 Å². The summed E-state index contributed by atoms with van der Waals surface area (Å²) < 4.78 is 0. The van der Waals surface area contributed by atoms with Crippen molar-refractivity contribution in [3.8, 4) is 0 Å². The van der Waals surface area contributed by atoms with Crippen LogP contribution in [-0.2, 0) is 4.79 Å². The van der Waals surface area contributed by atoms with Gasteiger partial charge in [-0.1, -0.05) is 13.8 Å². The molecule has 2 fully saturated rings. The Kier molecular flexibility index (Phi) is 1.45. The molecule has 2 nitrogen and oxygen atoms in total. The lowest BCUT2D eigenvalue weighted by molar-refractivity contribution is -0.132. The summed E-state index contributed by atoms with van der Waals surface area (Å²) in [6.07, 6.45) is 2.73. The Hall–Kier alpha value is -0.370. The zero-order chi connectivity index (χ0) is 8.98. The number of aliphatic hydroxyl groups is 1. The molecule has 0 unspecified atom stereocenters. The second-order valence-electron chi connectivity index (χ2n) is 4.82. The van der Waals surface area contributed by atoms with Gasteiger partial charge in [-0.15, -0.1) is 0 Å². The van der Waals surface area contributed by atoms with Gasteiger partial charge < -0.3 is 5.11 Å². The molecule has 68 valence electrons. The van der Waals surface area contributed by atoms with Crippen molar-refractivity contribution in [2.45, 2.75) is 33.1 Å². The van der Waals surface area contributed by atoms with Gasteiger partial charge in [0.1, 0.15) is 5.78 Å². The first-order chi connectivity index (χ1) is 5.54. The fourth-order valence-electron chi connectivity index (χ4n) is 3.14. The maximum absolute atomic E-state index is 11.6. The Labute approximate surface area is 73.0 Å². The zero-order valence-electron chi connectivity index (χ0n) is 7.76. The molecular formula is C10H16O2. The molecule has 0 aliphatic heterocycles. The molecule has 0 amide bonds. The highest BCUT2D eigenvalue weighted by Gasteiger charge is 2.63. The third-order valence-corrected chi connectivity index (χ3v) is 4.41. The van der Waals surface area contributed by atoms with Crippen molar-refractivity contribution in [1.82, 2.24) is 0 Å². The topological polar surface area (TPSA) is 37.3 Å². The van der Waals surface area contributed by atoms with Crippen LogP contribution in [0.25, 0.3) is 0 Å². The van der Waals surface area contributed by atoms with Gasteiger partial charge in [0.05, 0.1) is 12.0 Å². The van der Waals surface area contributed by atoms with Crippen molar-refractivity contribution < 1.29 is 9.90 Å². The van der Waals surface area contributed by atoms with E-state index in [0.29, 0.717) is 18.1 Å². The average molecular weight is 168 g/mol. The van der Waals surface area contributed by atoms with Gasteiger partial charge in [0.25, 0.3) is 0 Å². The van der Waals surface area contributed by atoms with Crippen molar-refractivity contribution in [3.05, 3.63) is 0 Å². The molecule has 2 bridgehead atoms. The maximum atomic E-state index is 11.6. The molecule has 1 N–H and O–H groups in total. The molecule has 2 rings (SSSR count). The molecule has 0 radical (unpaired) electrons. The van der Waals surface area contributed by atoms with E-state index in [4.69, 9.17) is 0 Å². The van der Waals surface area contributed by atoms with Crippen molar-refractivity contribution in [1.29, 1.82) is 0 Å². The van der Waals surface area contributed by atoms with Crippen LogP contribution in [0.3, 0.4) is 0 Å². The molecule has 12 heavy (non-hydrogen) atoms. The molecule has 0 heterocycles. The summed E-state index contributed by atoms with van der Waals surface area (Å²) in [5.41, 5.74) is -0.337. The molecule has 0 spiro atoms. The van der Waals surface area contributed by atoms with Gasteiger partial charge in [-0.3, -0.25) is 4.79 Å². The van der Waals surface area contributed by atoms with Crippen LogP contribution in [0.2, 0.25) is 0 Å². The summed E-state index contributed by atoms with van der Waals surface area (Å²) >= 11 is 0. The normalized spacial score (nSPS) is 43.9. The van der Waals surface area contributed by atoms with E-state index in [-0.39, 0.29) is 17.4 Å². The van der Waals surface area contributed by atoms with Gasteiger partial charge in [0, 0.05) is 6.42 Å². The predicted molar refractivity (Wildman–Crippen MR) is 45.6 cm³/mol. The van der Waals surface area contributed by atoms with Gasteiger partial charge in [0.2, 0.25) is 0 Å². The summed E-state index contributed by atoms with van der Waals surface area (Å²) in [4.78, 5) is 11.6. The Morgan fingerprint density at radius 3 is 2.50 bits per heavy atom. The number of fused-ring (bicyclic) bond motifs is 2.